The van der Waals surface area contributed by atoms with Gasteiger partial charge in [-0.05, 0) is 61.5 Å². The predicted octanol–water partition coefficient (Wildman–Crippen LogP) is 5.98. The number of carbonyl (C=O) groups excluding carboxylic acids is 2. The number of carbonyl (C=O) groups is 2. The van der Waals surface area contributed by atoms with Crippen LogP contribution in [0.25, 0.3) is 17.4 Å². The number of ether oxygens (including phenoxy) is 1. The first-order chi connectivity index (χ1) is 14.9. The summed E-state index contributed by atoms with van der Waals surface area (Å²) in [4.78, 5) is 24.2. The van der Waals surface area contributed by atoms with Crippen molar-refractivity contribution in [3.05, 3.63) is 81.5 Å². The summed E-state index contributed by atoms with van der Waals surface area (Å²) in [6.45, 7) is 1.99. The summed E-state index contributed by atoms with van der Waals surface area (Å²) in [6, 6.07) is 16.3. The SMILES string of the molecule is CCOC(=O)c1ccc(NC(=O)C(C#N)=Cc2ccc(-c3cc(Cl)ccc3Cl)o2)cc1. The lowest BCUT2D eigenvalue weighted by Crippen LogP contribution is -2.13. The number of halogens is 2. The van der Waals surface area contributed by atoms with E-state index in [0.29, 0.717) is 38.4 Å². The molecule has 0 saturated heterocycles. The molecule has 3 rings (SSSR count). The Bertz CT molecular complexity index is 1190. The zero-order valence-corrected chi connectivity index (χ0v) is 17.8. The van der Waals surface area contributed by atoms with E-state index in [2.05, 4.69) is 5.32 Å². The highest BCUT2D eigenvalue weighted by atomic mass is 35.5. The maximum Gasteiger partial charge on any atom is 0.338 e. The van der Waals surface area contributed by atoms with Crippen LogP contribution in [0.5, 0.6) is 0 Å². The lowest BCUT2D eigenvalue weighted by molar-refractivity contribution is -0.112. The van der Waals surface area contributed by atoms with Crippen molar-refractivity contribution in [2.45, 2.75) is 6.92 Å². The maximum atomic E-state index is 12.5. The molecule has 0 bridgehead atoms. The van der Waals surface area contributed by atoms with Crippen molar-refractivity contribution in [1.82, 2.24) is 0 Å². The van der Waals surface area contributed by atoms with Crippen molar-refractivity contribution in [2.24, 2.45) is 0 Å². The van der Waals surface area contributed by atoms with E-state index >= 15 is 0 Å². The molecule has 8 heteroatoms. The highest BCUT2D eigenvalue weighted by Crippen LogP contribution is 2.32. The molecule has 0 saturated carbocycles. The number of hydrogen-bond donors (Lipinski definition) is 1. The van der Waals surface area contributed by atoms with Gasteiger partial charge in [-0.2, -0.15) is 5.26 Å². The Morgan fingerprint density at radius 2 is 1.87 bits per heavy atom. The summed E-state index contributed by atoms with van der Waals surface area (Å²) in [5.41, 5.74) is 1.22. The first-order valence-electron chi connectivity index (χ1n) is 9.17. The topological polar surface area (TPSA) is 92.3 Å². The maximum absolute atomic E-state index is 12.5. The number of benzene rings is 2. The summed E-state index contributed by atoms with van der Waals surface area (Å²) in [5.74, 6) is -0.321. The van der Waals surface area contributed by atoms with E-state index in [4.69, 9.17) is 32.4 Å². The van der Waals surface area contributed by atoms with Gasteiger partial charge in [-0.15, -0.1) is 0 Å². The zero-order valence-electron chi connectivity index (χ0n) is 16.3. The van der Waals surface area contributed by atoms with Gasteiger partial charge in [0.1, 0.15) is 23.2 Å². The third-order valence-electron chi connectivity index (χ3n) is 4.13. The highest BCUT2D eigenvalue weighted by molar-refractivity contribution is 6.35. The molecule has 156 valence electrons. The van der Waals surface area contributed by atoms with Gasteiger partial charge in [0.05, 0.1) is 17.2 Å². The molecule has 0 atom stereocenters. The van der Waals surface area contributed by atoms with Crippen molar-refractivity contribution in [1.29, 1.82) is 5.26 Å². The Hall–Kier alpha value is -3.53. The smallest absolute Gasteiger partial charge is 0.338 e. The first-order valence-corrected chi connectivity index (χ1v) is 9.92. The Kier molecular flexibility index (Phi) is 7.14. The number of esters is 1. The minimum Gasteiger partial charge on any atom is -0.462 e. The number of nitrogens with one attached hydrogen (secondary N) is 1. The fourth-order valence-corrected chi connectivity index (χ4v) is 3.04. The fourth-order valence-electron chi connectivity index (χ4n) is 2.65. The minimum atomic E-state index is -0.620. The van der Waals surface area contributed by atoms with Crippen LogP contribution in [-0.4, -0.2) is 18.5 Å². The van der Waals surface area contributed by atoms with Crippen LogP contribution >= 0.6 is 23.2 Å². The lowest BCUT2D eigenvalue weighted by Gasteiger charge is -2.06. The van der Waals surface area contributed by atoms with Crippen molar-refractivity contribution < 1.29 is 18.7 Å². The van der Waals surface area contributed by atoms with Gasteiger partial charge in [0.15, 0.2) is 0 Å². The molecule has 3 aromatic rings. The molecule has 1 amide bonds. The molecule has 1 aromatic heterocycles. The summed E-state index contributed by atoms with van der Waals surface area (Å²) in [5, 5.41) is 13.0. The second-order valence-electron chi connectivity index (χ2n) is 6.25. The molecule has 6 nitrogen and oxygen atoms in total. The van der Waals surface area contributed by atoms with E-state index < -0.39 is 11.9 Å². The zero-order chi connectivity index (χ0) is 22.4. The van der Waals surface area contributed by atoms with E-state index in [9.17, 15) is 14.9 Å². The van der Waals surface area contributed by atoms with Crippen LogP contribution in [0.1, 0.15) is 23.0 Å². The Labute approximate surface area is 188 Å². The van der Waals surface area contributed by atoms with Crippen LogP contribution in [0.4, 0.5) is 5.69 Å². The first kappa shape index (κ1) is 22.2. The van der Waals surface area contributed by atoms with Crippen LogP contribution < -0.4 is 5.32 Å². The Morgan fingerprint density at radius 1 is 1.13 bits per heavy atom. The normalized spacial score (nSPS) is 11.0. The quantitative estimate of drug-likeness (QED) is 0.281. The van der Waals surface area contributed by atoms with E-state index in [1.54, 1.807) is 49.4 Å². The van der Waals surface area contributed by atoms with Crippen LogP contribution in [-0.2, 0) is 9.53 Å². The van der Waals surface area contributed by atoms with Crippen molar-refractivity contribution in [3.63, 3.8) is 0 Å². The number of anilines is 1. The highest BCUT2D eigenvalue weighted by Gasteiger charge is 2.14. The van der Waals surface area contributed by atoms with Crippen LogP contribution in [0.2, 0.25) is 10.0 Å². The van der Waals surface area contributed by atoms with Crippen LogP contribution in [0.3, 0.4) is 0 Å². The Morgan fingerprint density at radius 3 is 2.55 bits per heavy atom. The second-order valence-corrected chi connectivity index (χ2v) is 7.09. The van der Waals surface area contributed by atoms with E-state index in [1.807, 2.05) is 6.07 Å². The lowest BCUT2D eigenvalue weighted by atomic mass is 10.2. The van der Waals surface area contributed by atoms with Gasteiger partial charge in [-0.3, -0.25) is 4.79 Å². The van der Waals surface area contributed by atoms with Crippen molar-refractivity contribution >= 4 is 46.8 Å². The molecule has 0 aliphatic rings. The molecular weight excluding hydrogens is 439 g/mol. The number of nitrogens with zero attached hydrogens (tertiary/aromatic N) is 1. The summed E-state index contributed by atoms with van der Waals surface area (Å²) in [6.07, 6.45) is 1.32. The predicted molar refractivity (Wildman–Crippen MR) is 119 cm³/mol. The molecule has 1 N–H and O–H groups in total. The molecule has 0 spiro atoms. The van der Waals surface area contributed by atoms with Gasteiger partial charge >= 0.3 is 5.97 Å². The van der Waals surface area contributed by atoms with Gasteiger partial charge in [0, 0.05) is 22.3 Å². The van der Waals surface area contributed by atoms with E-state index in [-0.39, 0.29) is 12.2 Å². The number of rotatable bonds is 6. The average Bonchev–Trinajstić information content (AvgIpc) is 3.22. The van der Waals surface area contributed by atoms with Gasteiger partial charge < -0.3 is 14.5 Å². The average molecular weight is 455 g/mol. The van der Waals surface area contributed by atoms with Crippen LogP contribution in [0, 0.1) is 11.3 Å². The van der Waals surface area contributed by atoms with Gasteiger partial charge in [0.2, 0.25) is 0 Å². The molecule has 0 unspecified atom stereocenters. The van der Waals surface area contributed by atoms with Gasteiger partial charge in [-0.25, -0.2) is 4.79 Å². The number of hydrogen-bond acceptors (Lipinski definition) is 5. The molecule has 2 aromatic carbocycles. The van der Waals surface area contributed by atoms with Gasteiger partial charge in [0.25, 0.3) is 5.91 Å². The molecule has 31 heavy (non-hydrogen) atoms. The van der Waals surface area contributed by atoms with Crippen LogP contribution in [0.15, 0.2) is 64.6 Å². The third kappa shape index (κ3) is 5.54. The summed E-state index contributed by atoms with van der Waals surface area (Å²) >= 11 is 12.2. The molecule has 0 aliphatic carbocycles. The molecule has 1 heterocycles. The molecule has 0 aliphatic heterocycles. The van der Waals surface area contributed by atoms with Gasteiger partial charge in [-0.1, -0.05) is 23.2 Å². The molecule has 0 fully saturated rings. The second kappa shape index (κ2) is 9.98. The van der Waals surface area contributed by atoms with E-state index in [1.165, 1.54) is 18.2 Å². The standard InChI is InChI=1S/C23H16Cl2N2O4/c1-2-30-23(29)14-3-6-17(7-4-14)27-22(28)15(13-26)11-18-8-10-21(31-18)19-12-16(24)5-9-20(19)25/h3-12H,2H2,1H3,(H,27,28). The third-order valence-corrected chi connectivity index (χ3v) is 4.69. The minimum absolute atomic E-state index is 0.160. The number of amides is 1. The molecular formula is C23H16Cl2N2O4. The fraction of sp³-hybridized carbons (Fsp3) is 0.0870. The van der Waals surface area contributed by atoms with Crippen molar-refractivity contribution in [3.8, 4) is 17.4 Å². The monoisotopic (exact) mass is 454 g/mol. The largest absolute Gasteiger partial charge is 0.462 e. The summed E-state index contributed by atoms with van der Waals surface area (Å²) in [7, 11) is 0. The number of furan rings is 1. The number of nitriles is 1. The molecule has 0 radical (unpaired) electrons. The Balaban J connectivity index is 1.75. The summed E-state index contributed by atoms with van der Waals surface area (Å²) < 4.78 is 10.6. The van der Waals surface area contributed by atoms with Crippen molar-refractivity contribution in [2.75, 3.05) is 11.9 Å². The van der Waals surface area contributed by atoms with E-state index in [0.717, 1.165) is 0 Å².